The van der Waals surface area contributed by atoms with E-state index in [0.717, 1.165) is 25.2 Å². The molecule has 6 heteroatoms. The highest BCUT2D eigenvalue weighted by molar-refractivity contribution is 6.01. The van der Waals surface area contributed by atoms with E-state index in [1.165, 1.54) is 18.2 Å². The minimum absolute atomic E-state index is 0.0799. The number of carbonyl (C=O) groups excluding carboxylic acids is 1. The zero-order valence-electron chi connectivity index (χ0n) is 15.6. The number of aryl methyl sites for hydroxylation is 1. The zero-order valence-corrected chi connectivity index (χ0v) is 15.6. The normalized spacial score (nSPS) is 16.4. The topological polar surface area (TPSA) is 78.9 Å². The first-order chi connectivity index (χ1) is 13.0. The van der Waals surface area contributed by atoms with E-state index in [-0.39, 0.29) is 23.8 Å². The van der Waals surface area contributed by atoms with Gasteiger partial charge in [-0.15, -0.1) is 0 Å². The summed E-state index contributed by atoms with van der Waals surface area (Å²) in [6, 6.07) is 13.5. The van der Waals surface area contributed by atoms with Gasteiger partial charge in [-0.2, -0.15) is 0 Å². The zero-order chi connectivity index (χ0) is 19.4. The summed E-state index contributed by atoms with van der Waals surface area (Å²) < 4.78 is 4.78. The summed E-state index contributed by atoms with van der Waals surface area (Å²) in [5.41, 5.74) is 3.85. The second-order valence-corrected chi connectivity index (χ2v) is 6.80. The highest BCUT2D eigenvalue weighted by atomic mass is 16.5. The minimum Gasteiger partial charge on any atom is -0.478 e. The number of carboxylic acid groups (broad SMARTS) is 1. The molecular weight excluding hydrogens is 344 g/mol. The van der Waals surface area contributed by atoms with E-state index in [1.54, 1.807) is 12.1 Å². The van der Waals surface area contributed by atoms with Crippen molar-refractivity contribution < 1.29 is 19.4 Å². The average Bonchev–Trinajstić information content (AvgIpc) is 3.12. The van der Waals surface area contributed by atoms with Gasteiger partial charge in [0.15, 0.2) is 0 Å². The molecule has 1 aliphatic heterocycles. The van der Waals surface area contributed by atoms with Crippen LogP contribution in [0.1, 0.15) is 33.8 Å². The molecule has 1 saturated heterocycles. The van der Waals surface area contributed by atoms with E-state index in [4.69, 9.17) is 4.74 Å². The molecule has 1 fully saturated rings. The number of nitrogens with zero attached hydrogens (tertiary/aromatic N) is 1. The summed E-state index contributed by atoms with van der Waals surface area (Å²) in [4.78, 5) is 25.6. The van der Waals surface area contributed by atoms with Crippen LogP contribution in [-0.2, 0) is 9.53 Å². The molecule has 1 atom stereocenters. The van der Waals surface area contributed by atoms with Gasteiger partial charge in [-0.05, 0) is 42.7 Å². The number of hydrogen-bond acceptors (Lipinski definition) is 4. The lowest BCUT2D eigenvalue weighted by Gasteiger charge is -2.21. The van der Waals surface area contributed by atoms with Crippen LogP contribution in [0.5, 0.6) is 0 Å². The molecule has 0 radical (unpaired) electrons. The number of carbonyl (C=O) groups is 2. The van der Waals surface area contributed by atoms with Crippen LogP contribution in [0.4, 0.5) is 11.4 Å². The Bertz CT molecular complexity index is 850. The number of aromatic carboxylic acids is 1. The van der Waals surface area contributed by atoms with Crippen molar-refractivity contribution in [1.82, 2.24) is 0 Å². The molecule has 0 spiro atoms. The van der Waals surface area contributed by atoms with Gasteiger partial charge in [0.2, 0.25) is 5.91 Å². The van der Waals surface area contributed by atoms with Crippen LogP contribution in [0, 0.1) is 6.92 Å². The third-order valence-corrected chi connectivity index (χ3v) is 4.96. The lowest BCUT2D eigenvalue weighted by Crippen LogP contribution is -2.21. The van der Waals surface area contributed by atoms with Gasteiger partial charge in [-0.3, -0.25) is 4.79 Å². The molecule has 142 valence electrons. The Balaban J connectivity index is 1.79. The van der Waals surface area contributed by atoms with Crippen LogP contribution in [0.3, 0.4) is 0 Å². The Morgan fingerprint density at radius 2 is 2.04 bits per heavy atom. The maximum absolute atomic E-state index is 11.7. The number of anilines is 2. The predicted molar refractivity (Wildman–Crippen MR) is 105 cm³/mol. The molecule has 3 rings (SSSR count). The van der Waals surface area contributed by atoms with Crippen molar-refractivity contribution in [3.05, 3.63) is 59.2 Å². The summed E-state index contributed by atoms with van der Waals surface area (Å²) in [7, 11) is 1.42. The number of ether oxygens (including phenoxy) is 1. The molecule has 0 bridgehead atoms. The number of methoxy groups -OCH3 is 1. The largest absolute Gasteiger partial charge is 0.478 e. The van der Waals surface area contributed by atoms with Crippen LogP contribution in [0.15, 0.2) is 42.5 Å². The SMILES string of the molecule is COCC(=O)Nc1ccc(N2CCC(c3ccccc3C)C2)cc1C(=O)O. The third-order valence-electron chi connectivity index (χ3n) is 4.96. The highest BCUT2D eigenvalue weighted by Gasteiger charge is 2.26. The van der Waals surface area contributed by atoms with Gasteiger partial charge in [0.05, 0.1) is 11.3 Å². The Morgan fingerprint density at radius 3 is 2.74 bits per heavy atom. The first-order valence-electron chi connectivity index (χ1n) is 8.96. The van der Waals surface area contributed by atoms with Gasteiger partial charge in [-0.25, -0.2) is 4.79 Å². The number of amides is 1. The maximum Gasteiger partial charge on any atom is 0.337 e. The van der Waals surface area contributed by atoms with Gasteiger partial charge in [0.25, 0.3) is 0 Å². The van der Waals surface area contributed by atoms with Gasteiger partial charge in [-0.1, -0.05) is 24.3 Å². The Labute approximate surface area is 158 Å². The smallest absolute Gasteiger partial charge is 0.337 e. The van der Waals surface area contributed by atoms with E-state index in [0.29, 0.717) is 5.92 Å². The van der Waals surface area contributed by atoms with Crippen molar-refractivity contribution in [3.8, 4) is 0 Å². The number of hydrogen-bond donors (Lipinski definition) is 2. The molecule has 1 amide bonds. The van der Waals surface area contributed by atoms with Crippen molar-refractivity contribution in [1.29, 1.82) is 0 Å². The van der Waals surface area contributed by atoms with E-state index < -0.39 is 5.97 Å². The molecule has 2 aromatic carbocycles. The standard InChI is InChI=1S/C21H24N2O4/c1-14-5-3-4-6-17(14)15-9-10-23(12-15)16-7-8-19(18(11-16)21(25)26)22-20(24)13-27-2/h3-8,11,15H,9-10,12-13H2,1-2H3,(H,22,24)(H,25,26). The third kappa shape index (κ3) is 4.28. The molecule has 27 heavy (non-hydrogen) atoms. The minimum atomic E-state index is -1.07. The lowest BCUT2D eigenvalue weighted by atomic mass is 9.94. The highest BCUT2D eigenvalue weighted by Crippen LogP contribution is 2.33. The van der Waals surface area contributed by atoms with Gasteiger partial charge in [0.1, 0.15) is 6.61 Å². The lowest BCUT2D eigenvalue weighted by molar-refractivity contribution is -0.119. The summed E-state index contributed by atoms with van der Waals surface area (Å²) in [6.45, 7) is 3.72. The Hall–Kier alpha value is -2.86. The summed E-state index contributed by atoms with van der Waals surface area (Å²) in [5.74, 6) is -1.02. The van der Waals surface area contributed by atoms with E-state index >= 15 is 0 Å². The molecular formula is C21H24N2O4. The van der Waals surface area contributed by atoms with Crippen molar-refractivity contribution >= 4 is 23.3 Å². The summed E-state index contributed by atoms with van der Waals surface area (Å²) in [6.07, 6.45) is 1.03. The molecule has 0 aromatic heterocycles. The average molecular weight is 368 g/mol. The molecule has 1 heterocycles. The number of nitrogens with one attached hydrogen (secondary N) is 1. The first kappa shape index (κ1) is 18.9. The molecule has 2 N–H and O–H groups in total. The first-order valence-corrected chi connectivity index (χ1v) is 8.96. The van der Waals surface area contributed by atoms with E-state index in [1.807, 2.05) is 12.1 Å². The van der Waals surface area contributed by atoms with Crippen LogP contribution < -0.4 is 10.2 Å². The second kappa shape index (κ2) is 8.22. The quantitative estimate of drug-likeness (QED) is 0.818. The maximum atomic E-state index is 11.7. The monoisotopic (exact) mass is 368 g/mol. The van der Waals surface area contributed by atoms with Gasteiger partial charge in [0, 0.05) is 31.8 Å². The van der Waals surface area contributed by atoms with Crippen molar-refractivity contribution in [2.75, 3.05) is 37.0 Å². The van der Waals surface area contributed by atoms with Crippen molar-refractivity contribution in [2.24, 2.45) is 0 Å². The fourth-order valence-corrected chi connectivity index (χ4v) is 3.63. The van der Waals surface area contributed by atoms with Crippen molar-refractivity contribution in [2.45, 2.75) is 19.3 Å². The van der Waals surface area contributed by atoms with Crippen LogP contribution in [-0.4, -0.2) is 43.8 Å². The molecule has 1 aliphatic rings. The van der Waals surface area contributed by atoms with Gasteiger partial charge >= 0.3 is 5.97 Å². The molecule has 1 unspecified atom stereocenters. The molecule has 0 saturated carbocycles. The van der Waals surface area contributed by atoms with E-state index in [2.05, 4.69) is 35.3 Å². The molecule has 6 nitrogen and oxygen atoms in total. The predicted octanol–water partition coefficient (Wildman–Crippen LogP) is 3.27. The summed E-state index contributed by atoms with van der Waals surface area (Å²) in [5, 5.41) is 12.1. The number of carboxylic acids is 1. The second-order valence-electron chi connectivity index (χ2n) is 6.80. The van der Waals surface area contributed by atoms with Crippen LogP contribution in [0.2, 0.25) is 0 Å². The Kier molecular flexibility index (Phi) is 5.76. The van der Waals surface area contributed by atoms with Crippen molar-refractivity contribution in [3.63, 3.8) is 0 Å². The molecule has 2 aromatic rings. The molecule has 0 aliphatic carbocycles. The number of rotatable bonds is 6. The Morgan fingerprint density at radius 1 is 1.26 bits per heavy atom. The van der Waals surface area contributed by atoms with Crippen LogP contribution >= 0.6 is 0 Å². The van der Waals surface area contributed by atoms with Gasteiger partial charge < -0.3 is 20.1 Å². The summed E-state index contributed by atoms with van der Waals surface area (Å²) >= 11 is 0. The fourth-order valence-electron chi connectivity index (χ4n) is 3.63. The van der Waals surface area contributed by atoms with E-state index in [9.17, 15) is 14.7 Å². The van der Waals surface area contributed by atoms with Crippen LogP contribution in [0.25, 0.3) is 0 Å². The fraction of sp³-hybridized carbons (Fsp3) is 0.333. The number of benzene rings is 2.